The molecule has 1 heterocycles. The van der Waals surface area contributed by atoms with Gasteiger partial charge in [-0.05, 0) is 30.9 Å². The maximum atomic E-state index is 6.08. The summed E-state index contributed by atoms with van der Waals surface area (Å²) in [6, 6.07) is 5.89. The summed E-state index contributed by atoms with van der Waals surface area (Å²) >= 11 is 6.08. The number of nitrogens with zero attached hydrogens (tertiary/aromatic N) is 2. The highest BCUT2D eigenvalue weighted by molar-refractivity contribution is 6.33. The van der Waals surface area contributed by atoms with Crippen LogP contribution in [0.1, 0.15) is 12.8 Å². The van der Waals surface area contributed by atoms with Gasteiger partial charge in [0.25, 0.3) is 0 Å². The summed E-state index contributed by atoms with van der Waals surface area (Å²) in [6.45, 7) is 5.68. The van der Waals surface area contributed by atoms with Crippen molar-refractivity contribution >= 4 is 23.0 Å². The first-order valence-corrected chi connectivity index (χ1v) is 7.13. The first-order valence-electron chi connectivity index (χ1n) is 6.75. The van der Waals surface area contributed by atoms with Crippen LogP contribution in [-0.2, 0) is 0 Å². The van der Waals surface area contributed by atoms with Gasteiger partial charge in [0.15, 0.2) is 0 Å². The van der Waals surface area contributed by atoms with E-state index in [1.54, 1.807) is 0 Å². The van der Waals surface area contributed by atoms with Crippen LogP contribution in [0.2, 0.25) is 5.02 Å². The van der Waals surface area contributed by atoms with Crippen molar-refractivity contribution in [1.29, 1.82) is 0 Å². The Bertz CT molecular complexity index is 423. The lowest BCUT2D eigenvalue weighted by Gasteiger charge is -2.36. The molecule has 98 valence electrons. The predicted octanol–water partition coefficient (Wildman–Crippen LogP) is 2.45. The molecule has 18 heavy (non-hydrogen) atoms. The molecule has 0 bridgehead atoms. The molecule has 1 aromatic rings. The SMILES string of the molecule is Nc1c(Cl)cccc1N1CCN(CC2CC2)CC1. The molecule has 0 atom stereocenters. The monoisotopic (exact) mass is 265 g/mol. The average Bonchev–Trinajstić information content (AvgIpc) is 3.18. The second kappa shape index (κ2) is 4.98. The van der Waals surface area contributed by atoms with Gasteiger partial charge in [-0.15, -0.1) is 0 Å². The third-order valence-corrected chi connectivity index (χ3v) is 4.29. The Morgan fingerprint density at radius 3 is 2.56 bits per heavy atom. The quantitative estimate of drug-likeness (QED) is 0.852. The largest absolute Gasteiger partial charge is 0.396 e. The molecule has 3 nitrogen and oxygen atoms in total. The van der Waals surface area contributed by atoms with E-state index in [4.69, 9.17) is 17.3 Å². The minimum atomic E-state index is 0.660. The minimum absolute atomic E-state index is 0.660. The second-order valence-corrected chi connectivity index (χ2v) is 5.81. The fraction of sp³-hybridized carbons (Fsp3) is 0.571. The number of para-hydroxylation sites is 1. The Balaban J connectivity index is 1.62. The molecule has 1 saturated heterocycles. The molecule has 1 aliphatic carbocycles. The molecule has 0 radical (unpaired) electrons. The van der Waals surface area contributed by atoms with Crippen LogP contribution in [-0.4, -0.2) is 37.6 Å². The molecule has 1 aromatic carbocycles. The number of piperazine rings is 1. The van der Waals surface area contributed by atoms with Gasteiger partial charge in [-0.1, -0.05) is 17.7 Å². The molecule has 1 aliphatic heterocycles. The molecule has 0 unspecified atom stereocenters. The minimum Gasteiger partial charge on any atom is -0.396 e. The van der Waals surface area contributed by atoms with Crippen LogP contribution in [0.25, 0.3) is 0 Å². The first kappa shape index (κ1) is 12.1. The van der Waals surface area contributed by atoms with E-state index in [9.17, 15) is 0 Å². The Morgan fingerprint density at radius 2 is 1.89 bits per heavy atom. The van der Waals surface area contributed by atoms with Crippen molar-refractivity contribution in [3.05, 3.63) is 23.2 Å². The fourth-order valence-electron chi connectivity index (χ4n) is 2.64. The molecule has 2 N–H and O–H groups in total. The molecule has 0 spiro atoms. The van der Waals surface area contributed by atoms with E-state index in [1.807, 2.05) is 12.1 Å². The molecule has 1 saturated carbocycles. The van der Waals surface area contributed by atoms with Gasteiger partial charge in [0.1, 0.15) is 0 Å². The average molecular weight is 266 g/mol. The van der Waals surface area contributed by atoms with E-state index < -0.39 is 0 Å². The van der Waals surface area contributed by atoms with Crippen LogP contribution in [0.3, 0.4) is 0 Å². The summed E-state index contributed by atoms with van der Waals surface area (Å²) in [7, 11) is 0. The number of hydrogen-bond acceptors (Lipinski definition) is 3. The van der Waals surface area contributed by atoms with Gasteiger partial charge >= 0.3 is 0 Å². The van der Waals surface area contributed by atoms with Crippen LogP contribution in [0.5, 0.6) is 0 Å². The number of halogens is 1. The van der Waals surface area contributed by atoms with Crippen LogP contribution in [0.15, 0.2) is 18.2 Å². The van der Waals surface area contributed by atoms with Crippen molar-refractivity contribution in [2.75, 3.05) is 43.4 Å². The molecule has 4 heteroatoms. The highest BCUT2D eigenvalue weighted by atomic mass is 35.5. The van der Waals surface area contributed by atoms with Gasteiger partial charge in [-0.3, -0.25) is 4.90 Å². The molecular formula is C14H20ClN3. The molecular weight excluding hydrogens is 246 g/mol. The van der Waals surface area contributed by atoms with E-state index in [2.05, 4.69) is 15.9 Å². The molecule has 3 rings (SSSR count). The van der Waals surface area contributed by atoms with Crippen LogP contribution in [0, 0.1) is 5.92 Å². The highest BCUT2D eigenvalue weighted by Gasteiger charge is 2.26. The lowest BCUT2D eigenvalue weighted by atomic mass is 10.2. The maximum Gasteiger partial charge on any atom is 0.0741 e. The standard InChI is InChI=1S/C14H20ClN3/c15-12-2-1-3-13(14(12)16)18-8-6-17(7-9-18)10-11-4-5-11/h1-3,11H,4-10,16H2. The van der Waals surface area contributed by atoms with Gasteiger partial charge in [0, 0.05) is 32.7 Å². The number of nitrogen functional groups attached to an aromatic ring is 1. The summed E-state index contributed by atoms with van der Waals surface area (Å²) in [4.78, 5) is 4.93. The van der Waals surface area contributed by atoms with Crippen LogP contribution in [0.4, 0.5) is 11.4 Å². The molecule has 2 aliphatic rings. The van der Waals surface area contributed by atoms with E-state index in [1.165, 1.54) is 19.4 Å². The van der Waals surface area contributed by atoms with Gasteiger partial charge in [0.2, 0.25) is 0 Å². The maximum absolute atomic E-state index is 6.08. The highest BCUT2D eigenvalue weighted by Crippen LogP contribution is 2.32. The molecule has 2 fully saturated rings. The van der Waals surface area contributed by atoms with Crippen LogP contribution < -0.4 is 10.6 Å². The summed E-state index contributed by atoms with van der Waals surface area (Å²) in [5.41, 5.74) is 7.86. The Labute approximate surface area is 114 Å². The normalized spacial score (nSPS) is 21.3. The first-order chi connectivity index (χ1) is 8.74. The zero-order valence-corrected chi connectivity index (χ0v) is 11.4. The topological polar surface area (TPSA) is 32.5 Å². The van der Waals surface area contributed by atoms with E-state index in [-0.39, 0.29) is 0 Å². The lowest BCUT2D eigenvalue weighted by molar-refractivity contribution is 0.248. The molecule has 0 aromatic heterocycles. The Hall–Kier alpha value is -0.930. The number of rotatable bonds is 3. The van der Waals surface area contributed by atoms with E-state index in [0.29, 0.717) is 5.02 Å². The van der Waals surface area contributed by atoms with Crippen molar-refractivity contribution in [3.63, 3.8) is 0 Å². The van der Waals surface area contributed by atoms with Gasteiger partial charge < -0.3 is 10.6 Å². The Kier molecular flexibility index (Phi) is 3.35. The zero-order chi connectivity index (χ0) is 12.5. The van der Waals surface area contributed by atoms with Crippen molar-refractivity contribution in [1.82, 2.24) is 4.90 Å². The summed E-state index contributed by atoms with van der Waals surface area (Å²) < 4.78 is 0. The third kappa shape index (κ3) is 2.57. The Morgan fingerprint density at radius 1 is 1.17 bits per heavy atom. The van der Waals surface area contributed by atoms with Gasteiger partial charge in [-0.25, -0.2) is 0 Å². The van der Waals surface area contributed by atoms with E-state index in [0.717, 1.165) is 43.5 Å². The predicted molar refractivity (Wildman–Crippen MR) is 77.2 cm³/mol. The van der Waals surface area contributed by atoms with E-state index >= 15 is 0 Å². The second-order valence-electron chi connectivity index (χ2n) is 5.40. The lowest BCUT2D eigenvalue weighted by Crippen LogP contribution is -2.47. The number of benzene rings is 1. The van der Waals surface area contributed by atoms with Gasteiger partial charge in [0.05, 0.1) is 16.4 Å². The zero-order valence-electron chi connectivity index (χ0n) is 10.6. The van der Waals surface area contributed by atoms with Crippen molar-refractivity contribution in [2.45, 2.75) is 12.8 Å². The number of anilines is 2. The third-order valence-electron chi connectivity index (χ3n) is 3.96. The van der Waals surface area contributed by atoms with Crippen molar-refractivity contribution in [2.24, 2.45) is 5.92 Å². The summed E-state index contributed by atoms with van der Waals surface area (Å²) in [6.07, 6.45) is 2.86. The molecule has 0 amide bonds. The van der Waals surface area contributed by atoms with Crippen LogP contribution >= 0.6 is 11.6 Å². The van der Waals surface area contributed by atoms with Crippen molar-refractivity contribution in [3.8, 4) is 0 Å². The summed E-state index contributed by atoms with van der Waals surface area (Å²) in [5, 5.41) is 0.660. The summed E-state index contributed by atoms with van der Waals surface area (Å²) in [5.74, 6) is 0.979. The number of hydrogen-bond donors (Lipinski definition) is 1. The fourth-order valence-corrected chi connectivity index (χ4v) is 2.81. The smallest absolute Gasteiger partial charge is 0.0741 e. The number of nitrogens with two attached hydrogens (primary N) is 1. The van der Waals surface area contributed by atoms with Gasteiger partial charge in [-0.2, -0.15) is 0 Å². The van der Waals surface area contributed by atoms with Crippen molar-refractivity contribution < 1.29 is 0 Å².